The average molecular weight is 290 g/mol. The molecule has 1 aromatic rings. The molecule has 1 rings (SSSR count). The highest BCUT2D eigenvalue weighted by Crippen LogP contribution is 2.24. The number of hydrogen-bond acceptors (Lipinski definition) is 2. The van der Waals surface area contributed by atoms with Gasteiger partial charge in [-0.15, -0.1) is 0 Å². The van der Waals surface area contributed by atoms with E-state index in [0.717, 1.165) is 10.0 Å². The second kappa shape index (κ2) is 5.12. The molecule has 1 nitrogen and oxygen atoms in total. The highest BCUT2D eigenvalue weighted by Gasteiger charge is 2.09. The van der Waals surface area contributed by atoms with Crippen molar-refractivity contribution >= 4 is 34.1 Å². The van der Waals surface area contributed by atoms with Gasteiger partial charge in [-0.25, -0.2) is 8.79 Å². The number of nitrogens with zero attached hydrogens (tertiary/aromatic N) is 1. The molecule has 0 unspecified atom stereocenters. The highest BCUT2D eigenvalue weighted by molar-refractivity contribution is 9.10. The second-order valence-electron chi connectivity index (χ2n) is 4.10. The average Bonchev–Trinajstić information content (AvgIpc) is 2.07. The molecular weight excluding hydrogens is 277 g/mol. The normalized spacial score (nSPS) is 12.3. The quantitative estimate of drug-likeness (QED) is 0.579. The first-order valence-electron chi connectivity index (χ1n) is 4.55. The molecule has 0 radical (unpaired) electrons. The fraction of sp³-hybridized carbons (Fsp3) is 0.364. The lowest BCUT2D eigenvalue weighted by Gasteiger charge is -2.12. The summed E-state index contributed by atoms with van der Waals surface area (Å²) in [6.07, 6.45) is 1.74. The van der Waals surface area contributed by atoms with E-state index in [2.05, 4.69) is 41.1 Å². The van der Waals surface area contributed by atoms with Gasteiger partial charge in [-0.1, -0.05) is 15.9 Å². The predicted molar refractivity (Wildman–Crippen MR) is 69.0 cm³/mol. The number of halogens is 2. The van der Waals surface area contributed by atoms with E-state index in [0.29, 0.717) is 0 Å². The number of hydrogen-bond donors (Lipinski definition) is 0. The molecule has 82 valence electrons. The molecule has 0 saturated heterocycles. The lowest BCUT2D eigenvalue weighted by molar-refractivity contribution is 0.627. The van der Waals surface area contributed by atoms with Gasteiger partial charge in [0.25, 0.3) is 0 Å². The fourth-order valence-corrected chi connectivity index (χ4v) is 1.78. The summed E-state index contributed by atoms with van der Waals surface area (Å²) in [6.45, 7) is 6.28. The Kier molecular flexibility index (Phi) is 4.34. The monoisotopic (exact) mass is 289 g/mol. The summed E-state index contributed by atoms with van der Waals surface area (Å²) in [7, 11) is 0. The Bertz CT molecular complexity index is 371. The number of benzene rings is 1. The molecule has 0 fully saturated rings. The summed E-state index contributed by atoms with van der Waals surface area (Å²) in [5.41, 5.74) is 0.883. The maximum absolute atomic E-state index is 12.8. The van der Waals surface area contributed by atoms with Gasteiger partial charge in [0.2, 0.25) is 0 Å². The fourth-order valence-electron chi connectivity index (χ4n) is 0.847. The van der Waals surface area contributed by atoms with Crippen LogP contribution in [0, 0.1) is 5.82 Å². The van der Waals surface area contributed by atoms with Crippen LogP contribution in [0.1, 0.15) is 26.3 Å². The molecule has 0 aliphatic heterocycles. The van der Waals surface area contributed by atoms with Crippen LogP contribution in [0.5, 0.6) is 0 Å². The van der Waals surface area contributed by atoms with Gasteiger partial charge in [0, 0.05) is 21.0 Å². The van der Waals surface area contributed by atoms with Crippen molar-refractivity contribution in [2.45, 2.75) is 25.5 Å². The minimum atomic E-state index is -0.248. The van der Waals surface area contributed by atoms with E-state index in [9.17, 15) is 4.39 Å². The van der Waals surface area contributed by atoms with Gasteiger partial charge in [0.1, 0.15) is 5.82 Å². The van der Waals surface area contributed by atoms with Crippen LogP contribution in [-0.4, -0.2) is 11.0 Å². The summed E-state index contributed by atoms with van der Waals surface area (Å²) < 4.78 is 17.8. The van der Waals surface area contributed by atoms with Crippen molar-refractivity contribution in [3.63, 3.8) is 0 Å². The van der Waals surface area contributed by atoms with Crippen molar-refractivity contribution in [3.8, 4) is 0 Å². The Balaban J connectivity index is 2.73. The molecule has 0 aliphatic rings. The first kappa shape index (κ1) is 12.7. The molecule has 1 aromatic carbocycles. The van der Waals surface area contributed by atoms with E-state index < -0.39 is 0 Å². The van der Waals surface area contributed by atoms with Gasteiger partial charge in [-0.05, 0) is 50.9 Å². The summed E-state index contributed by atoms with van der Waals surface area (Å²) >= 11 is 4.78. The lowest BCUT2D eigenvalue weighted by atomic mass is 10.2. The number of rotatable bonds is 2. The van der Waals surface area contributed by atoms with Crippen LogP contribution in [0.3, 0.4) is 0 Å². The van der Waals surface area contributed by atoms with Crippen LogP contribution in [0.4, 0.5) is 4.39 Å². The second-order valence-corrected chi connectivity index (χ2v) is 6.58. The largest absolute Gasteiger partial charge is 0.223 e. The third kappa shape index (κ3) is 4.80. The van der Waals surface area contributed by atoms with Gasteiger partial charge < -0.3 is 0 Å². The van der Waals surface area contributed by atoms with Crippen LogP contribution >= 0.6 is 27.9 Å². The first-order chi connectivity index (χ1) is 6.88. The first-order valence-corrected chi connectivity index (χ1v) is 6.12. The molecule has 0 bridgehead atoms. The maximum atomic E-state index is 12.8. The molecular formula is C11H13BrFNS. The molecule has 0 N–H and O–H groups in total. The van der Waals surface area contributed by atoms with Crippen molar-refractivity contribution in [1.82, 2.24) is 0 Å². The van der Waals surface area contributed by atoms with Gasteiger partial charge in [-0.2, -0.15) is 0 Å². The van der Waals surface area contributed by atoms with Crippen LogP contribution in [0.25, 0.3) is 0 Å². The molecule has 0 aromatic heterocycles. The van der Waals surface area contributed by atoms with Crippen LogP contribution < -0.4 is 0 Å². The predicted octanol–water partition coefficient (Wildman–Crippen LogP) is 4.45. The molecule has 4 heteroatoms. The Labute approximate surface area is 102 Å². The van der Waals surface area contributed by atoms with Crippen molar-refractivity contribution in [2.24, 2.45) is 4.40 Å². The summed E-state index contributed by atoms with van der Waals surface area (Å²) in [6, 6.07) is 4.56. The molecule has 0 atom stereocenters. The summed E-state index contributed by atoms with van der Waals surface area (Å²) in [4.78, 5) is 0. The Morgan fingerprint density at radius 1 is 1.40 bits per heavy atom. The minimum Gasteiger partial charge on any atom is -0.223 e. The molecule has 15 heavy (non-hydrogen) atoms. The van der Waals surface area contributed by atoms with E-state index >= 15 is 0 Å². The maximum Gasteiger partial charge on any atom is 0.124 e. The zero-order valence-corrected chi connectivity index (χ0v) is 11.3. The van der Waals surface area contributed by atoms with Gasteiger partial charge in [-0.3, -0.25) is 0 Å². The Hall–Kier alpha value is -0.350. The zero-order chi connectivity index (χ0) is 11.5. The zero-order valence-electron chi connectivity index (χ0n) is 8.92. The van der Waals surface area contributed by atoms with E-state index in [4.69, 9.17) is 0 Å². The minimum absolute atomic E-state index is 0.100. The standard InChI is InChI=1S/C11H13BrFNS/c1-11(2,3)15-14-7-8-4-5-9(13)6-10(8)12/h4-7H,1-3H3/b14-7+. The molecule has 0 aliphatic carbocycles. The lowest BCUT2D eigenvalue weighted by Crippen LogP contribution is -2.05. The van der Waals surface area contributed by atoms with E-state index in [1.807, 2.05) is 0 Å². The Morgan fingerprint density at radius 3 is 2.60 bits per heavy atom. The van der Waals surface area contributed by atoms with Crippen molar-refractivity contribution in [1.29, 1.82) is 0 Å². The van der Waals surface area contributed by atoms with Crippen LogP contribution in [-0.2, 0) is 0 Å². The third-order valence-corrected chi connectivity index (χ3v) is 2.93. The Morgan fingerprint density at radius 2 is 2.07 bits per heavy atom. The van der Waals surface area contributed by atoms with Gasteiger partial charge >= 0.3 is 0 Å². The molecule has 0 spiro atoms. The third-order valence-electron chi connectivity index (χ3n) is 1.48. The van der Waals surface area contributed by atoms with E-state index in [1.54, 1.807) is 12.3 Å². The summed E-state index contributed by atoms with van der Waals surface area (Å²) in [5, 5.41) is 0. The molecule has 0 amide bonds. The van der Waals surface area contributed by atoms with E-state index in [1.165, 1.54) is 24.1 Å². The summed E-state index contributed by atoms with van der Waals surface area (Å²) in [5.74, 6) is -0.248. The van der Waals surface area contributed by atoms with Crippen molar-refractivity contribution in [2.75, 3.05) is 0 Å². The molecule has 0 heterocycles. The van der Waals surface area contributed by atoms with Crippen molar-refractivity contribution in [3.05, 3.63) is 34.1 Å². The van der Waals surface area contributed by atoms with Crippen LogP contribution in [0.15, 0.2) is 27.1 Å². The topological polar surface area (TPSA) is 12.4 Å². The van der Waals surface area contributed by atoms with Gasteiger partial charge in [0.15, 0.2) is 0 Å². The SMILES string of the molecule is CC(C)(C)S/N=C/c1ccc(F)cc1Br. The van der Waals surface area contributed by atoms with Crippen molar-refractivity contribution < 1.29 is 4.39 Å². The highest BCUT2D eigenvalue weighted by atomic mass is 79.9. The van der Waals surface area contributed by atoms with E-state index in [-0.39, 0.29) is 10.6 Å². The van der Waals surface area contributed by atoms with Crippen LogP contribution in [0.2, 0.25) is 0 Å². The van der Waals surface area contributed by atoms with Gasteiger partial charge in [0.05, 0.1) is 0 Å². The smallest absolute Gasteiger partial charge is 0.124 e. The molecule has 0 saturated carbocycles.